The van der Waals surface area contributed by atoms with Crippen molar-refractivity contribution in [1.29, 1.82) is 0 Å². The Balaban J connectivity index is 1.99. The Kier molecular flexibility index (Phi) is 3.87. The molecular weight excluding hydrogens is 228 g/mol. The third kappa shape index (κ3) is 2.64. The standard InChI is InChI=1S/C14H18N2O2/c1-10-14(15-9-5-8-13(17)18-2)11-6-3-4-7-12(11)16-10/h3-4,6-7,15-16H,5,8-9H2,1-2H3. The van der Waals surface area contributed by atoms with Gasteiger partial charge in [0.15, 0.2) is 0 Å². The summed E-state index contributed by atoms with van der Waals surface area (Å²) in [6.45, 7) is 2.81. The Morgan fingerprint density at radius 2 is 2.17 bits per heavy atom. The van der Waals surface area contributed by atoms with E-state index in [1.807, 2.05) is 19.1 Å². The number of benzene rings is 1. The molecule has 2 rings (SSSR count). The highest BCUT2D eigenvalue weighted by Gasteiger charge is 2.07. The number of fused-ring (bicyclic) bond motifs is 1. The molecule has 2 N–H and O–H groups in total. The second-order valence-electron chi connectivity index (χ2n) is 4.28. The van der Waals surface area contributed by atoms with Gasteiger partial charge in [-0.25, -0.2) is 0 Å². The van der Waals surface area contributed by atoms with E-state index in [2.05, 4.69) is 27.2 Å². The lowest BCUT2D eigenvalue weighted by molar-refractivity contribution is -0.140. The van der Waals surface area contributed by atoms with Gasteiger partial charge in [0.2, 0.25) is 0 Å². The number of hydrogen-bond acceptors (Lipinski definition) is 3. The maximum Gasteiger partial charge on any atom is 0.305 e. The highest BCUT2D eigenvalue weighted by Crippen LogP contribution is 2.26. The Bertz CT molecular complexity index is 546. The van der Waals surface area contributed by atoms with Gasteiger partial charge in [-0.15, -0.1) is 0 Å². The Hall–Kier alpha value is -1.97. The van der Waals surface area contributed by atoms with Crippen LogP contribution in [0, 0.1) is 6.92 Å². The van der Waals surface area contributed by atoms with E-state index in [0.717, 1.165) is 29.9 Å². The molecule has 0 saturated heterocycles. The minimum Gasteiger partial charge on any atom is -0.469 e. The van der Waals surface area contributed by atoms with Gasteiger partial charge in [0.1, 0.15) is 0 Å². The molecule has 0 aliphatic rings. The van der Waals surface area contributed by atoms with Gasteiger partial charge in [-0.1, -0.05) is 18.2 Å². The molecule has 0 atom stereocenters. The molecule has 4 nitrogen and oxygen atoms in total. The summed E-state index contributed by atoms with van der Waals surface area (Å²) < 4.78 is 4.61. The molecule has 0 spiro atoms. The second kappa shape index (κ2) is 5.58. The quantitative estimate of drug-likeness (QED) is 0.630. The molecule has 0 radical (unpaired) electrons. The Morgan fingerprint density at radius 1 is 1.39 bits per heavy atom. The third-order valence-electron chi connectivity index (χ3n) is 2.98. The number of aromatic amines is 1. The minimum atomic E-state index is -0.160. The molecule has 2 aromatic rings. The topological polar surface area (TPSA) is 54.1 Å². The molecule has 0 fully saturated rings. The van der Waals surface area contributed by atoms with Crippen molar-refractivity contribution in [2.24, 2.45) is 0 Å². The van der Waals surface area contributed by atoms with Crippen LogP contribution in [0.1, 0.15) is 18.5 Å². The lowest BCUT2D eigenvalue weighted by Crippen LogP contribution is -2.06. The molecule has 0 bridgehead atoms. The molecule has 1 heterocycles. The van der Waals surface area contributed by atoms with Gasteiger partial charge in [-0.05, 0) is 19.4 Å². The molecule has 0 unspecified atom stereocenters. The summed E-state index contributed by atoms with van der Waals surface area (Å²) in [5.41, 5.74) is 3.37. The van der Waals surface area contributed by atoms with Crippen LogP contribution in [-0.2, 0) is 9.53 Å². The zero-order chi connectivity index (χ0) is 13.0. The highest BCUT2D eigenvalue weighted by molar-refractivity contribution is 5.94. The fourth-order valence-corrected chi connectivity index (χ4v) is 2.05. The summed E-state index contributed by atoms with van der Waals surface area (Å²) in [6, 6.07) is 8.18. The number of para-hydroxylation sites is 1. The van der Waals surface area contributed by atoms with Gasteiger partial charge in [0.25, 0.3) is 0 Å². The van der Waals surface area contributed by atoms with E-state index in [1.54, 1.807) is 0 Å². The van der Waals surface area contributed by atoms with Gasteiger partial charge >= 0.3 is 5.97 Å². The predicted octanol–water partition coefficient (Wildman–Crippen LogP) is 2.84. The zero-order valence-corrected chi connectivity index (χ0v) is 10.7. The number of esters is 1. The molecule has 1 aromatic heterocycles. The van der Waals surface area contributed by atoms with Crippen LogP contribution in [0.4, 0.5) is 5.69 Å². The van der Waals surface area contributed by atoms with Gasteiger partial charge < -0.3 is 15.0 Å². The van der Waals surface area contributed by atoms with Crippen molar-refractivity contribution in [2.75, 3.05) is 19.0 Å². The summed E-state index contributed by atoms with van der Waals surface area (Å²) in [6.07, 6.45) is 1.22. The molecule has 0 amide bonds. The SMILES string of the molecule is COC(=O)CCCNc1c(C)[nH]c2ccccc12. The van der Waals surface area contributed by atoms with Gasteiger partial charge in [0.05, 0.1) is 12.8 Å². The van der Waals surface area contributed by atoms with E-state index in [9.17, 15) is 4.79 Å². The number of aromatic nitrogens is 1. The number of hydrogen-bond donors (Lipinski definition) is 2. The average Bonchev–Trinajstić information content (AvgIpc) is 2.70. The van der Waals surface area contributed by atoms with Crippen LogP contribution in [0.5, 0.6) is 0 Å². The normalized spacial score (nSPS) is 10.6. The third-order valence-corrected chi connectivity index (χ3v) is 2.98. The van der Waals surface area contributed by atoms with Crippen molar-refractivity contribution in [3.63, 3.8) is 0 Å². The lowest BCUT2D eigenvalue weighted by Gasteiger charge is -2.06. The van der Waals surface area contributed by atoms with E-state index in [1.165, 1.54) is 12.5 Å². The van der Waals surface area contributed by atoms with E-state index < -0.39 is 0 Å². The minimum absolute atomic E-state index is 0.160. The molecule has 0 saturated carbocycles. The smallest absolute Gasteiger partial charge is 0.305 e. The first kappa shape index (κ1) is 12.5. The number of rotatable bonds is 5. The maximum atomic E-state index is 11.0. The van der Waals surface area contributed by atoms with E-state index in [4.69, 9.17) is 0 Å². The Morgan fingerprint density at radius 3 is 2.94 bits per heavy atom. The van der Waals surface area contributed by atoms with Crippen molar-refractivity contribution in [3.8, 4) is 0 Å². The molecular formula is C14H18N2O2. The highest BCUT2D eigenvalue weighted by atomic mass is 16.5. The largest absolute Gasteiger partial charge is 0.469 e. The fraction of sp³-hybridized carbons (Fsp3) is 0.357. The number of ether oxygens (including phenoxy) is 1. The predicted molar refractivity (Wildman–Crippen MR) is 72.8 cm³/mol. The number of nitrogens with one attached hydrogen (secondary N) is 2. The molecule has 1 aromatic carbocycles. The van der Waals surface area contributed by atoms with Crippen LogP contribution in [0.2, 0.25) is 0 Å². The number of aryl methyl sites for hydroxylation is 1. The van der Waals surface area contributed by atoms with E-state index in [0.29, 0.717) is 6.42 Å². The number of carbonyl (C=O) groups is 1. The monoisotopic (exact) mass is 246 g/mol. The molecule has 4 heteroatoms. The summed E-state index contributed by atoms with van der Waals surface area (Å²) >= 11 is 0. The number of methoxy groups -OCH3 is 1. The van der Waals surface area contributed by atoms with E-state index >= 15 is 0 Å². The van der Waals surface area contributed by atoms with Gasteiger partial charge in [-0.2, -0.15) is 0 Å². The summed E-state index contributed by atoms with van der Waals surface area (Å²) in [5.74, 6) is -0.160. The van der Waals surface area contributed by atoms with Crippen molar-refractivity contribution >= 4 is 22.6 Å². The first-order valence-corrected chi connectivity index (χ1v) is 6.10. The number of carbonyl (C=O) groups excluding carboxylic acids is 1. The Labute approximate surface area is 106 Å². The van der Waals surface area contributed by atoms with Crippen molar-refractivity contribution in [2.45, 2.75) is 19.8 Å². The van der Waals surface area contributed by atoms with Gasteiger partial charge in [-0.3, -0.25) is 4.79 Å². The molecule has 0 aliphatic heterocycles. The van der Waals surface area contributed by atoms with Crippen molar-refractivity contribution in [1.82, 2.24) is 4.98 Å². The summed E-state index contributed by atoms with van der Waals surface area (Å²) in [5, 5.41) is 4.56. The maximum absolute atomic E-state index is 11.0. The van der Waals surface area contributed by atoms with Crippen LogP contribution < -0.4 is 5.32 Å². The number of anilines is 1. The first-order chi connectivity index (χ1) is 8.72. The van der Waals surface area contributed by atoms with Crippen LogP contribution >= 0.6 is 0 Å². The first-order valence-electron chi connectivity index (χ1n) is 6.10. The van der Waals surface area contributed by atoms with Crippen LogP contribution in [0.15, 0.2) is 24.3 Å². The van der Waals surface area contributed by atoms with E-state index in [-0.39, 0.29) is 5.97 Å². The molecule has 96 valence electrons. The second-order valence-corrected chi connectivity index (χ2v) is 4.28. The van der Waals surface area contributed by atoms with Gasteiger partial charge in [0, 0.05) is 29.6 Å². The average molecular weight is 246 g/mol. The van der Waals surface area contributed by atoms with Crippen LogP contribution in [-0.4, -0.2) is 24.6 Å². The van der Waals surface area contributed by atoms with Crippen molar-refractivity contribution in [3.05, 3.63) is 30.0 Å². The van der Waals surface area contributed by atoms with Crippen molar-refractivity contribution < 1.29 is 9.53 Å². The fourth-order valence-electron chi connectivity index (χ4n) is 2.05. The summed E-state index contributed by atoms with van der Waals surface area (Å²) in [7, 11) is 1.42. The lowest BCUT2D eigenvalue weighted by atomic mass is 10.2. The summed E-state index contributed by atoms with van der Waals surface area (Å²) in [4.78, 5) is 14.3. The number of H-pyrrole nitrogens is 1. The zero-order valence-electron chi connectivity index (χ0n) is 10.7. The van der Waals surface area contributed by atoms with Crippen LogP contribution in [0.25, 0.3) is 10.9 Å². The van der Waals surface area contributed by atoms with Crippen LogP contribution in [0.3, 0.4) is 0 Å². The molecule has 18 heavy (non-hydrogen) atoms. The molecule has 0 aliphatic carbocycles.